The Hall–Kier alpha value is -15.4. The summed E-state index contributed by atoms with van der Waals surface area (Å²) in [5.41, 5.74) is 19.3. The standard InChI is InChI=1S/C23H24N4O2.C22H21ClN4O2.C22H23N5O2.2C22H22N4O2/c1-16-5-3-9-27-15-20(24-22(16)27)19-13-17-6-7-18(14-21(17)29-23(19)28)26-10-4-8-25(2)11-12-26;1-22(2)13-27(9-7-24-22)15-6-5-14-10-16(21(28)29-19(14)11-15)18-12-26-8-3-4-17(23)20(26)25-18;1-15-12-23-22-24-19(14-27(22)13-15)18-10-16-4-5-17(11-20(16)29-21(18)28)26-7-3-6-25(2)8-9-26;2*1-14-4-3-8-26-13-19(24-21(14)26)18-10-16-5-6-17(11-20(16)28-22(18)27)25-9-7-23-15(2)12-25/h3,5-7,9,13-15H,4,8,10-12H2,1-2H3;3-6,8,10-12,24H,7,9,13H2,1-2H3;4-5,10-14H,3,6-9H2,1-2H3;2*3-6,8,10-11,13,15,23H,7,9,12H2,1-2H3/t;;;2*15-/m...10/s1. The zero-order valence-electron chi connectivity index (χ0n) is 81.6. The van der Waals surface area contributed by atoms with Crippen LogP contribution in [-0.4, -0.2) is 205 Å². The summed E-state index contributed by atoms with van der Waals surface area (Å²) >= 11 is 6.21. The minimum Gasteiger partial charge on any atom is -0.422 e. The third-order valence-electron chi connectivity index (χ3n) is 27.5. The topological polar surface area (TPSA) is 309 Å². The number of anilines is 5. The van der Waals surface area contributed by atoms with Crippen LogP contribution in [0, 0.1) is 27.7 Å². The molecule has 5 aliphatic rings. The third-order valence-corrected chi connectivity index (χ3v) is 27.8. The first-order chi connectivity index (χ1) is 69.2. The van der Waals surface area contributed by atoms with E-state index in [1.807, 2.05) is 235 Å². The quantitative estimate of drug-likeness (QED) is 0.107. The van der Waals surface area contributed by atoms with Gasteiger partial charge in [-0.25, -0.2) is 53.9 Å². The predicted molar refractivity (Wildman–Crippen MR) is 567 cm³/mol. The predicted octanol–water partition coefficient (Wildman–Crippen LogP) is 16.9. The van der Waals surface area contributed by atoms with Gasteiger partial charge in [-0.2, -0.15) is 0 Å². The second kappa shape index (κ2) is 39.6. The largest absolute Gasteiger partial charge is 0.422 e. The fourth-order valence-corrected chi connectivity index (χ4v) is 20.0. The van der Waals surface area contributed by atoms with E-state index < -0.39 is 5.63 Å². The number of piperazine rings is 3. The Bertz CT molecular complexity index is 8380. The van der Waals surface area contributed by atoms with Crippen LogP contribution in [0.4, 0.5) is 28.4 Å². The van der Waals surface area contributed by atoms with Crippen LogP contribution in [0.1, 0.15) is 62.8 Å². The molecular formula is C111H112ClN21O10. The molecule has 0 saturated carbocycles. The van der Waals surface area contributed by atoms with E-state index in [-0.39, 0.29) is 28.0 Å². The number of likely N-dealkylation sites (N-methyl/N-ethyl adjacent to an activating group) is 2. The lowest BCUT2D eigenvalue weighted by atomic mass is 10.0. The highest BCUT2D eigenvalue weighted by atomic mass is 35.5. The number of hydrogen-bond donors (Lipinski definition) is 3. The van der Waals surface area contributed by atoms with Crippen molar-refractivity contribution in [1.82, 2.24) is 77.7 Å². The van der Waals surface area contributed by atoms with Crippen molar-refractivity contribution in [3.05, 3.63) is 317 Å². The van der Waals surface area contributed by atoms with E-state index in [1.165, 1.54) is 0 Å². The number of fused-ring (bicyclic) bond motifs is 10. The molecule has 5 aliphatic heterocycles. The summed E-state index contributed by atoms with van der Waals surface area (Å²) in [5.74, 6) is 0.562. The van der Waals surface area contributed by atoms with E-state index in [1.54, 1.807) is 22.9 Å². The van der Waals surface area contributed by atoms with Crippen molar-refractivity contribution in [3.63, 3.8) is 0 Å². The van der Waals surface area contributed by atoms with Crippen LogP contribution in [-0.2, 0) is 0 Å². The first-order valence-electron chi connectivity index (χ1n) is 48.7. The van der Waals surface area contributed by atoms with Gasteiger partial charge in [0.2, 0.25) is 5.78 Å². The van der Waals surface area contributed by atoms with Gasteiger partial charge in [0.15, 0.2) is 5.65 Å². The number of pyridine rings is 4. The number of nitrogens with zero attached hydrogens (tertiary/aromatic N) is 18. The van der Waals surface area contributed by atoms with Crippen molar-refractivity contribution in [2.75, 3.05) is 150 Å². The van der Waals surface area contributed by atoms with E-state index in [2.05, 4.69) is 152 Å². The van der Waals surface area contributed by atoms with Crippen LogP contribution in [0.5, 0.6) is 0 Å². The van der Waals surface area contributed by atoms with Crippen LogP contribution in [0.2, 0.25) is 5.02 Å². The molecule has 728 valence electrons. The number of benzene rings is 5. The molecule has 0 radical (unpaired) electrons. The highest BCUT2D eigenvalue weighted by Crippen LogP contribution is 2.35. The normalized spacial score (nSPS) is 16.7. The molecule has 20 aromatic rings. The molecule has 3 N–H and O–H groups in total. The van der Waals surface area contributed by atoms with Crippen LogP contribution in [0.15, 0.2) is 284 Å². The van der Waals surface area contributed by atoms with Crippen molar-refractivity contribution in [3.8, 4) is 56.3 Å². The van der Waals surface area contributed by atoms with Gasteiger partial charge in [-0.15, -0.1) is 0 Å². The molecule has 143 heavy (non-hydrogen) atoms. The molecule has 5 saturated heterocycles. The Kier molecular flexibility index (Phi) is 26.0. The molecule has 5 aromatic carbocycles. The highest BCUT2D eigenvalue weighted by Gasteiger charge is 2.29. The second-order valence-corrected chi connectivity index (χ2v) is 39.2. The number of nitrogens with one attached hydrogen (secondary N) is 3. The molecule has 0 aliphatic carbocycles. The van der Waals surface area contributed by atoms with Gasteiger partial charge >= 0.3 is 28.1 Å². The maximum absolute atomic E-state index is 12.7. The molecule has 25 rings (SSSR count). The molecule has 32 heteroatoms. The summed E-state index contributed by atoms with van der Waals surface area (Å²) in [4.78, 5) is 107. The highest BCUT2D eigenvalue weighted by molar-refractivity contribution is 6.33. The number of aromatic nitrogens is 11. The molecular weight excluding hydrogens is 1820 g/mol. The zero-order valence-corrected chi connectivity index (χ0v) is 82.4. The van der Waals surface area contributed by atoms with E-state index in [9.17, 15) is 24.0 Å². The molecule has 15 aromatic heterocycles. The van der Waals surface area contributed by atoms with Gasteiger partial charge in [0, 0.05) is 270 Å². The lowest BCUT2D eigenvalue weighted by molar-refractivity contribution is 0.353. The summed E-state index contributed by atoms with van der Waals surface area (Å²) < 4.78 is 37.9. The number of halogens is 1. The van der Waals surface area contributed by atoms with E-state index >= 15 is 0 Å². The molecule has 0 spiro atoms. The Labute approximate surface area is 827 Å². The minimum atomic E-state index is -0.408. The van der Waals surface area contributed by atoms with Gasteiger partial charge in [-0.1, -0.05) is 29.8 Å². The van der Waals surface area contributed by atoms with Crippen LogP contribution in [0.25, 0.3) is 139 Å². The summed E-state index contributed by atoms with van der Waals surface area (Å²) in [6, 6.07) is 56.2. The molecule has 20 heterocycles. The molecule has 2 atom stereocenters. The number of rotatable bonds is 10. The fraction of sp³-hybridized carbons (Fsp3) is 0.288. The Morgan fingerprint density at radius 3 is 1.03 bits per heavy atom. The average molecular weight is 1940 g/mol. The van der Waals surface area contributed by atoms with Gasteiger partial charge in [0.05, 0.1) is 61.3 Å². The SMILES string of the molecule is CC1(C)CN(c2ccc3cc(-c4cn5cccc(Cl)c5n4)c(=O)oc3c2)CCN1.Cc1cccn2cc(-c3cc4ccc(N5CCCN(C)CC5)cc4oc3=O)nc12.Cc1cccn2cc(-c3cc4ccc(N5CCN[C@@H](C)C5)cc4oc3=O)nc12.Cc1cccn2cc(-c3cc4ccc(N5CCN[C@H](C)C5)cc4oc3=O)nc12.Cc1cnc2nc(-c3cc4ccc(N5CCCN(C)CC5)cc4oc3=O)cn2c1. The Balaban J connectivity index is 0.000000106. The lowest BCUT2D eigenvalue weighted by Crippen LogP contribution is -2.57. The third kappa shape index (κ3) is 20.1. The van der Waals surface area contributed by atoms with Crippen LogP contribution in [0.3, 0.4) is 0 Å². The van der Waals surface area contributed by atoms with Crippen molar-refractivity contribution < 1.29 is 22.1 Å². The monoisotopic (exact) mass is 1930 g/mol. The minimum absolute atomic E-state index is 0.0439. The van der Waals surface area contributed by atoms with Gasteiger partial charge < -0.3 is 89.9 Å². The van der Waals surface area contributed by atoms with Gasteiger partial charge in [0.25, 0.3) is 0 Å². The van der Waals surface area contributed by atoms with Crippen molar-refractivity contribution >= 4 is 123 Å². The first-order valence-corrected chi connectivity index (χ1v) is 49.1. The van der Waals surface area contributed by atoms with Gasteiger partial charge in [0.1, 0.15) is 44.9 Å². The maximum atomic E-state index is 12.7. The van der Waals surface area contributed by atoms with Crippen molar-refractivity contribution in [2.24, 2.45) is 0 Å². The zero-order chi connectivity index (χ0) is 98.6. The van der Waals surface area contributed by atoms with E-state index in [0.717, 1.165) is 219 Å². The summed E-state index contributed by atoms with van der Waals surface area (Å²) in [6.45, 7) is 33.4. The van der Waals surface area contributed by atoms with E-state index in [0.29, 0.717) is 113 Å². The fourth-order valence-electron chi connectivity index (χ4n) is 19.8. The van der Waals surface area contributed by atoms with E-state index in [4.69, 9.17) is 33.7 Å². The summed E-state index contributed by atoms with van der Waals surface area (Å²) in [6.07, 6.45) is 22.8. The smallest absolute Gasteiger partial charge is 0.345 e. The van der Waals surface area contributed by atoms with Gasteiger partial charge in [-0.3, -0.25) is 4.40 Å². The van der Waals surface area contributed by atoms with Crippen molar-refractivity contribution in [1.29, 1.82) is 0 Å². The maximum Gasteiger partial charge on any atom is 0.345 e. The van der Waals surface area contributed by atoms with Gasteiger partial charge in [-0.05, 0) is 239 Å². The molecule has 0 unspecified atom stereocenters. The molecule has 0 amide bonds. The first kappa shape index (κ1) is 93.9. The van der Waals surface area contributed by atoms with Crippen molar-refractivity contribution in [2.45, 2.75) is 85.9 Å². The molecule has 5 fully saturated rings. The summed E-state index contributed by atoms with van der Waals surface area (Å²) in [7, 11) is 4.31. The molecule has 0 bridgehead atoms. The molecule has 31 nitrogen and oxygen atoms in total. The Morgan fingerprint density at radius 2 is 0.678 bits per heavy atom. The Morgan fingerprint density at radius 1 is 0.350 bits per heavy atom. The summed E-state index contributed by atoms with van der Waals surface area (Å²) in [5, 5.41) is 15.4. The number of hydrogen-bond acceptors (Lipinski definition) is 26. The number of imidazole rings is 5. The number of aryl methyl sites for hydroxylation is 4. The average Bonchev–Trinajstić information content (AvgIpc) is 1.65. The van der Waals surface area contributed by atoms with Crippen LogP contribution >= 0.6 is 11.6 Å². The lowest BCUT2D eigenvalue weighted by Gasteiger charge is -2.40. The van der Waals surface area contributed by atoms with Crippen LogP contribution < -0.4 is 68.6 Å². The second-order valence-electron chi connectivity index (χ2n) is 38.8.